The largest absolute Gasteiger partial charge is 0.480 e. The Morgan fingerprint density at radius 3 is 1.56 bits per heavy atom. The maximum Gasteiger partial charge on any atom is 0.472 e. The molecule has 288 valence electrons. The molecule has 0 radical (unpaired) electrons. The molecule has 11 heteroatoms. The Bertz CT molecular complexity index is 1030. The molecule has 0 heterocycles. The smallest absolute Gasteiger partial charge is 0.472 e. The monoisotopic (exact) mass is 725 g/mol. The number of esters is 1. The third-order valence-electron chi connectivity index (χ3n) is 7.59. The molecule has 3 unspecified atom stereocenters. The van der Waals surface area contributed by atoms with Crippen LogP contribution in [0, 0.1) is 0 Å². The van der Waals surface area contributed by atoms with Gasteiger partial charge < -0.3 is 25.2 Å². The van der Waals surface area contributed by atoms with Crippen LogP contribution in [0.4, 0.5) is 0 Å². The molecule has 10 nitrogen and oxygen atoms in total. The van der Waals surface area contributed by atoms with Crippen LogP contribution in [0.15, 0.2) is 60.8 Å². The van der Waals surface area contributed by atoms with Crippen molar-refractivity contribution >= 4 is 19.8 Å². The summed E-state index contributed by atoms with van der Waals surface area (Å²) in [5.74, 6) is -1.92. The molecule has 0 amide bonds. The van der Waals surface area contributed by atoms with Gasteiger partial charge in [0.05, 0.1) is 26.2 Å². The minimum atomic E-state index is -4.63. The highest BCUT2D eigenvalue weighted by Crippen LogP contribution is 2.43. The predicted octanol–water partition coefficient (Wildman–Crippen LogP) is 9.69. The number of carboxylic acid groups (broad SMARTS) is 1. The Morgan fingerprint density at radius 2 is 1.08 bits per heavy atom. The summed E-state index contributed by atoms with van der Waals surface area (Å²) in [6.45, 7) is 3.62. The van der Waals surface area contributed by atoms with E-state index in [2.05, 4.69) is 60.9 Å². The Labute approximate surface area is 302 Å². The summed E-state index contributed by atoms with van der Waals surface area (Å²) in [5, 5.41) is 8.86. The van der Waals surface area contributed by atoms with Crippen molar-refractivity contribution in [1.29, 1.82) is 0 Å². The van der Waals surface area contributed by atoms with Gasteiger partial charge in [-0.1, -0.05) is 152 Å². The van der Waals surface area contributed by atoms with Crippen LogP contribution in [0.25, 0.3) is 0 Å². The minimum absolute atomic E-state index is 0.0175. The number of aliphatic carboxylic acids is 1. The summed E-state index contributed by atoms with van der Waals surface area (Å²) in [6.07, 6.45) is 40.2. The predicted molar refractivity (Wildman–Crippen MR) is 203 cm³/mol. The van der Waals surface area contributed by atoms with Crippen molar-refractivity contribution in [2.24, 2.45) is 5.73 Å². The zero-order chi connectivity index (χ0) is 37.0. The number of hydrogen-bond acceptors (Lipinski definition) is 8. The molecular weight excluding hydrogens is 657 g/mol. The number of phosphoric ester groups is 1. The first-order valence-corrected chi connectivity index (χ1v) is 20.3. The number of hydrogen-bond donors (Lipinski definition) is 3. The molecule has 4 N–H and O–H groups in total. The summed E-state index contributed by atoms with van der Waals surface area (Å²) in [4.78, 5) is 33.3. The Kier molecular flexibility index (Phi) is 33.5. The van der Waals surface area contributed by atoms with Gasteiger partial charge in [-0.15, -0.1) is 0 Å². The van der Waals surface area contributed by atoms with Crippen molar-refractivity contribution in [3.05, 3.63) is 60.8 Å². The molecule has 0 saturated heterocycles. The quantitative estimate of drug-likeness (QED) is 0.0249. The van der Waals surface area contributed by atoms with E-state index in [0.717, 1.165) is 44.9 Å². The highest BCUT2D eigenvalue weighted by Gasteiger charge is 2.27. The second-order valence-electron chi connectivity index (χ2n) is 12.3. The average Bonchev–Trinajstić information content (AvgIpc) is 3.09. The van der Waals surface area contributed by atoms with Crippen molar-refractivity contribution in [2.75, 3.05) is 26.4 Å². The van der Waals surface area contributed by atoms with E-state index >= 15 is 0 Å². The summed E-state index contributed by atoms with van der Waals surface area (Å²) >= 11 is 0. The van der Waals surface area contributed by atoms with E-state index in [-0.39, 0.29) is 13.0 Å². The fraction of sp³-hybridized carbons (Fsp3) is 0.692. The van der Waals surface area contributed by atoms with Gasteiger partial charge in [-0.05, 0) is 38.5 Å². The van der Waals surface area contributed by atoms with E-state index < -0.39 is 45.1 Å². The Balaban J connectivity index is 4.47. The molecule has 0 aliphatic carbocycles. The second kappa shape index (κ2) is 35.1. The number of ether oxygens (including phenoxy) is 2. The lowest BCUT2D eigenvalue weighted by Gasteiger charge is -2.20. The molecule has 0 aromatic rings. The summed E-state index contributed by atoms with van der Waals surface area (Å²) in [6, 6.07) is -1.49. The number of carbonyl (C=O) groups is 2. The van der Waals surface area contributed by atoms with Gasteiger partial charge in [-0.2, -0.15) is 0 Å². The molecule has 0 fully saturated rings. The third kappa shape index (κ3) is 34.1. The number of carboxylic acids is 1. The molecule has 0 saturated carbocycles. The molecule has 0 spiro atoms. The van der Waals surface area contributed by atoms with Crippen LogP contribution in [0.1, 0.15) is 136 Å². The molecule has 3 atom stereocenters. The van der Waals surface area contributed by atoms with E-state index in [1.54, 1.807) is 6.08 Å². The fourth-order valence-electron chi connectivity index (χ4n) is 4.68. The Hall–Kier alpha value is -2.33. The summed E-state index contributed by atoms with van der Waals surface area (Å²) < 4.78 is 33.1. The Morgan fingerprint density at radius 1 is 0.640 bits per heavy atom. The van der Waals surface area contributed by atoms with Crippen LogP contribution >= 0.6 is 7.82 Å². The first kappa shape index (κ1) is 47.7. The van der Waals surface area contributed by atoms with Crippen LogP contribution in [0.2, 0.25) is 0 Å². The topological polar surface area (TPSA) is 155 Å². The van der Waals surface area contributed by atoms with E-state index in [0.29, 0.717) is 13.0 Å². The number of carbonyl (C=O) groups excluding carboxylic acids is 1. The summed E-state index contributed by atoms with van der Waals surface area (Å²) in [5.41, 5.74) is 5.33. The van der Waals surface area contributed by atoms with E-state index in [9.17, 15) is 19.0 Å². The SMILES string of the molecule is CC/C=C\C/C=C\C/C=C\C/C=C\C/C=C\CC(=O)OC(COCCCCCCCCCCCCCCC)COP(=O)(O)OCC(N)C(=O)O. The lowest BCUT2D eigenvalue weighted by molar-refractivity contribution is -0.153. The van der Waals surface area contributed by atoms with E-state index in [1.807, 2.05) is 12.2 Å². The van der Waals surface area contributed by atoms with Crippen molar-refractivity contribution in [3.8, 4) is 0 Å². The molecule has 0 aromatic carbocycles. The first-order valence-electron chi connectivity index (χ1n) is 18.8. The van der Waals surface area contributed by atoms with Gasteiger partial charge >= 0.3 is 19.8 Å². The molecule has 0 aliphatic heterocycles. The van der Waals surface area contributed by atoms with Crippen LogP contribution in [-0.2, 0) is 32.7 Å². The van der Waals surface area contributed by atoms with Gasteiger partial charge in [0.15, 0.2) is 0 Å². The fourth-order valence-corrected chi connectivity index (χ4v) is 5.46. The van der Waals surface area contributed by atoms with Crippen LogP contribution in [0.5, 0.6) is 0 Å². The molecular formula is C39H68NO9P. The van der Waals surface area contributed by atoms with Crippen molar-refractivity contribution < 1.29 is 42.7 Å². The van der Waals surface area contributed by atoms with Crippen LogP contribution in [-0.4, -0.2) is 60.5 Å². The number of rotatable bonds is 35. The van der Waals surface area contributed by atoms with Crippen molar-refractivity contribution in [3.63, 3.8) is 0 Å². The van der Waals surface area contributed by atoms with Gasteiger partial charge in [-0.25, -0.2) is 4.57 Å². The number of phosphoric acid groups is 1. The van der Waals surface area contributed by atoms with E-state index in [1.165, 1.54) is 64.2 Å². The van der Waals surface area contributed by atoms with E-state index in [4.69, 9.17) is 24.8 Å². The van der Waals surface area contributed by atoms with Gasteiger partial charge in [0, 0.05) is 6.61 Å². The van der Waals surface area contributed by atoms with Crippen LogP contribution < -0.4 is 5.73 Å². The van der Waals surface area contributed by atoms with Gasteiger partial charge in [0.2, 0.25) is 0 Å². The lowest BCUT2D eigenvalue weighted by Crippen LogP contribution is -2.34. The molecule has 0 aromatic heterocycles. The van der Waals surface area contributed by atoms with Gasteiger partial charge in [-0.3, -0.25) is 18.6 Å². The zero-order valence-corrected chi connectivity index (χ0v) is 31.9. The maximum atomic E-state index is 12.5. The molecule has 0 aliphatic rings. The first-order chi connectivity index (χ1) is 24.2. The van der Waals surface area contributed by atoms with Gasteiger partial charge in [0.1, 0.15) is 12.1 Å². The highest BCUT2D eigenvalue weighted by atomic mass is 31.2. The van der Waals surface area contributed by atoms with Crippen molar-refractivity contribution in [2.45, 2.75) is 148 Å². The maximum absolute atomic E-state index is 12.5. The zero-order valence-electron chi connectivity index (χ0n) is 31.0. The molecule has 0 rings (SSSR count). The number of unbranched alkanes of at least 4 members (excludes halogenated alkanes) is 12. The summed E-state index contributed by atoms with van der Waals surface area (Å²) in [7, 11) is -4.63. The number of allylic oxidation sites excluding steroid dienone is 9. The third-order valence-corrected chi connectivity index (χ3v) is 8.55. The average molecular weight is 726 g/mol. The normalized spacial score (nSPS) is 14.8. The van der Waals surface area contributed by atoms with Crippen LogP contribution in [0.3, 0.4) is 0 Å². The molecule has 50 heavy (non-hydrogen) atoms. The standard InChI is InChI=1S/C39H68NO9P/c1-3-5-7-9-11-13-15-17-18-19-21-23-25-27-29-31-38(41)49-36(34-47-50(44,45)48-35-37(40)39(42)43)33-46-32-30-28-26-24-22-20-16-14-12-10-8-6-4-2/h5,7,11,13,17-18,21,23,27,29,36-37H,3-4,6,8-10,12,14-16,19-20,22,24-26,28,30-35,40H2,1-2H3,(H,42,43)(H,44,45)/b7-5-,13-11-,18-17-,23-21-,29-27-. The highest BCUT2D eigenvalue weighted by molar-refractivity contribution is 7.47. The second-order valence-corrected chi connectivity index (χ2v) is 13.8. The number of nitrogens with two attached hydrogens (primary N) is 1. The minimum Gasteiger partial charge on any atom is -0.480 e. The molecule has 0 bridgehead atoms. The van der Waals surface area contributed by atoms with Crippen molar-refractivity contribution in [1.82, 2.24) is 0 Å². The lowest BCUT2D eigenvalue weighted by atomic mass is 10.0. The van der Waals surface area contributed by atoms with Gasteiger partial charge in [0.25, 0.3) is 0 Å².